The summed E-state index contributed by atoms with van der Waals surface area (Å²) in [6, 6.07) is 58.0. The van der Waals surface area contributed by atoms with Gasteiger partial charge in [0.25, 0.3) is 0 Å². The topological polar surface area (TPSA) is 0 Å². The summed E-state index contributed by atoms with van der Waals surface area (Å²) >= 11 is 0. The predicted molar refractivity (Wildman–Crippen MR) is 277 cm³/mol. The molecule has 0 aromatic heterocycles. The maximum absolute atomic E-state index is 2.35. The minimum absolute atomic E-state index is 0. The van der Waals surface area contributed by atoms with Gasteiger partial charge in [-0.25, -0.2) is 0 Å². The van der Waals surface area contributed by atoms with Gasteiger partial charge >= 0.3 is 52.4 Å². The van der Waals surface area contributed by atoms with E-state index in [4.69, 9.17) is 0 Å². The van der Waals surface area contributed by atoms with Gasteiger partial charge in [-0.1, -0.05) is 180 Å². The molecule has 0 aliphatic rings. The molecule has 4 heteroatoms. The summed E-state index contributed by atoms with van der Waals surface area (Å²) in [6.45, 7) is 31.5. The van der Waals surface area contributed by atoms with Gasteiger partial charge in [-0.15, -0.1) is 161 Å². The van der Waals surface area contributed by atoms with Gasteiger partial charge in [0.15, 0.2) is 0 Å². The van der Waals surface area contributed by atoms with Crippen molar-refractivity contribution in [1.29, 1.82) is 0 Å². The molecular formula is C62H68Cl2Zr2-2. The fourth-order valence-electron chi connectivity index (χ4n) is 8.52. The molecular weight excluding hydrogens is 998 g/mol. The summed E-state index contributed by atoms with van der Waals surface area (Å²) in [6.07, 6.45) is 0. The Bertz CT molecular complexity index is 2720. The summed E-state index contributed by atoms with van der Waals surface area (Å²) in [5, 5.41) is 16.3. The molecule has 10 rings (SSSR count). The summed E-state index contributed by atoms with van der Waals surface area (Å²) in [5.41, 5.74) is 9.12. The Balaban J connectivity index is 0.000000241. The molecule has 0 amide bonds. The summed E-state index contributed by atoms with van der Waals surface area (Å²) in [7, 11) is 0. The number of halogens is 2. The number of benzene rings is 6. The van der Waals surface area contributed by atoms with Crippen LogP contribution in [0.15, 0.2) is 158 Å². The average molecular weight is 1070 g/mol. The molecule has 0 saturated carbocycles. The zero-order chi connectivity index (χ0) is 44.8. The molecule has 0 heterocycles. The normalized spacial score (nSPS) is 11.6. The van der Waals surface area contributed by atoms with Crippen molar-refractivity contribution < 1.29 is 77.2 Å². The van der Waals surface area contributed by atoms with Crippen LogP contribution < -0.4 is 24.8 Å². The van der Waals surface area contributed by atoms with Gasteiger partial charge in [-0.05, 0) is 21.7 Å². The molecule has 0 radical (unpaired) electrons. The first-order valence-corrected chi connectivity index (χ1v) is 22.6. The molecule has 0 bridgehead atoms. The van der Waals surface area contributed by atoms with Crippen LogP contribution in [0, 0.1) is 13.8 Å². The molecule has 0 spiro atoms. The van der Waals surface area contributed by atoms with E-state index in [9.17, 15) is 0 Å². The molecule has 10 aromatic rings. The van der Waals surface area contributed by atoms with Crippen molar-refractivity contribution >= 4 is 64.6 Å². The van der Waals surface area contributed by atoms with Crippen LogP contribution in [0.4, 0.5) is 0 Å². The van der Waals surface area contributed by atoms with Crippen molar-refractivity contribution in [2.24, 2.45) is 0 Å². The zero-order valence-electron chi connectivity index (χ0n) is 41.8. The number of hydrogen-bond donors (Lipinski definition) is 0. The fraction of sp³-hybridized carbons (Fsp3) is 0.290. The first-order valence-electron chi connectivity index (χ1n) is 22.6. The number of hydrogen-bond acceptors (Lipinski definition) is 0. The van der Waals surface area contributed by atoms with Crippen LogP contribution in [-0.4, -0.2) is 0 Å². The smallest absolute Gasteiger partial charge is 1.00 e. The molecule has 0 aliphatic heterocycles. The molecule has 0 aliphatic carbocycles. The van der Waals surface area contributed by atoms with Crippen molar-refractivity contribution in [3.05, 3.63) is 191 Å². The second kappa shape index (κ2) is 22.4. The minimum Gasteiger partial charge on any atom is -1.00 e. The molecule has 0 unspecified atom stereocenters. The van der Waals surface area contributed by atoms with Gasteiger partial charge in [-0.2, -0.15) is 12.1 Å². The SMILES string of the molecule is CC(C)(C)c1ccc2c(c1)[cH-]c1cc(C(C)(C)C)ccc12.CC(C)(C)c1ccc2c(c1)[cH-]c1cc(C(C)(C)C)ccc12.Cc1cc2ccccc2[cH-]1.Cc1cc2ccccc2[cH-]1.[Cl-].[Cl-].[Zr+2].[Zr+2]. The Labute approximate surface area is 447 Å². The summed E-state index contributed by atoms with van der Waals surface area (Å²) in [4.78, 5) is 0. The minimum atomic E-state index is 0. The fourth-order valence-corrected chi connectivity index (χ4v) is 8.52. The van der Waals surface area contributed by atoms with Crippen molar-refractivity contribution in [2.75, 3.05) is 0 Å². The van der Waals surface area contributed by atoms with E-state index < -0.39 is 0 Å². The first-order chi connectivity index (χ1) is 29.0. The van der Waals surface area contributed by atoms with Crippen LogP contribution in [-0.2, 0) is 74.1 Å². The quantitative estimate of drug-likeness (QED) is 0.133. The second-order valence-corrected chi connectivity index (χ2v) is 21.8. The van der Waals surface area contributed by atoms with Crippen molar-refractivity contribution in [1.82, 2.24) is 0 Å². The maximum Gasteiger partial charge on any atom is 2.00 e. The van der Waals surface area contributed by atoms with Crippen LogP contribution in [0.1, 0.15) is 116 Å². The van der Waals surface area contributed by atoms with Gasteiger partial charge in [0.2, 0.25) is 0 Å². The van der Waals surface area contributed by atoms with Gasteiger partial charge in [0.1, 0.15) is 0 Å². The summed E-state index contributed by atoms with van der Waals surface area (Å²) < 4.78 is 0. The monoisotopic (exact) mass is 1060 g/mol. The van der Waals surface area contributed by atoms with Crippen LogP contribution >= 0.6 is 0 Å². The van der Waals surface area contributed by atoms with Crippen LogP contribution in [0.5, 0.6) is 0 Å². The largest absolute Gasteiger partial charge is 2.00 e. The average Bonchev–Trinajstić information content (AvgIpc) is 3.97. The number of rotatable bonds is 0. The van der Waals surface area contributed by atoms with Crippen molar-refractivity contribution in [3.63, 3.8) is 0 Å². The van der Waals surface area contributed by atoms with E-state index in [1.54, 1.807) is 0 Å². The second-order valence-electron chi connectivity index (χ2n) is 21.8. The third kappa shape index (κ3) is 13.4. The van der Waals surface area contributed by atoms with Crippen LogP contribution in [0.3, 0.4) is 0 Å². The Hall–Kier alpha value is -3.37. The van der Waals surface area contributed by atoms with Crippen molar-refractivity contribution in [3.8, 4) is 0 Å². The van der Waals surface area contributed by atoms with Gasteiger partial charge in [0.05, 0.1) is 0 Å². The molecule has 10 aromatic carbocycles. The van der Waals surface area contributed by atoms with Gasteiger partial charge in [0, 0.05) is 0 Å². The molecule has 0 fully saturated rings. The van der Waals surface area contributed by atoms with Gasteiger partial charge < -0.3 is 24.8 Å². The zero-order valence-corrected chi connectivity index (χ0v) is 48.2. The van der Waals surface area contributed by atoms with E-state index in [2.05, 4.69) is 255 Å². The van der Waals surface area contributed by atoms with E-state index in [1.165, 1.54) is 98.0 Å². The number of aryl methyl sites for hydroxylation is 2. The molecule has 340 valence electrons. The Morgan fingerprint density at radius 3 is 0.758 bits per heavy atom. The first kappa shape index (κ1) is 56.9. The van der Waals surface area contributed by atoms with Gasteiger partial charge in [-0.3, -0.25) is 0 Å². The predicted octanol–water partition coefficient (Wildman–Crippen LogP) is 12.4. The van der Waals surface area contributed by atoms with E-state index in [0.29, 0.717) is 0 Å². The third-order valence-corrected chi connectivity index (χ3v) is 12.4. The van der Waals surface area contributed by atoms with Crippen LogP contribution in [0.25, 0.3) is 64.6 Å². The molecule has 0 atom stereocenters. The molecule has 0 nitrogen and oxygen atoms in total. The standard InChI is InChI=1S/2C21H25.2C10H9.2ClH.2Zr/c2*1-20(2,3)16-7-9-18-14(12-16)11-15-13-17(21(4,5)6)8-10-19(15)18;2*1-8-6-9-4-2-3-5-10(9)7-8;;;;/h2*7-13H,1-6H3;2*2-7H,1H3;2*1H;;/q4*-1;;;2*+2/p-2. The van der Waals surface area contributed by atoms with E-state index >= 15 is 0 Å². The Morgan fingerprint density at radius 2 is 0.530 bits per heavy atom. The maximum atomic E-state index is 2.35. The van der Waals surface area contributed by atoms with E-state index in [-0.39, 0.29) is 98.9 Å². The van der Waals surface area contributed by atoms with E-state index in [1.807, 2.05) is 0 Å². The van der Waals surface area contributed by atoms with E-state index in [0.717, 1.165) is 0 Å². The third-order valence-electron chi connectivity index (χ3n) is 12.4. The molecule has 66 heavy (non-hydrogen) atoms. The molecule has 0 saturated heterocycles. The Kier molecular flexibility index (Phi) is 19.3. The molecule has 0 N–H and O–H groups in total. The Morgan fingerprint density at radius 1 is 0.288 bits per heavy atom. The van der Waals surface area contributed by atoms with Crippen LogP contribution in [0.2, 0.25) is 0 Å². The number of fused-ring (bicyclic) bond motifs is 8. The van der Waals surface area contributed by atoms with Crippen molar-refractivity contribution in [2.45, 2.75) is 119 Å². The summed E-state index contributed by atoms with van der Waals surface area (Å²) in [5.74, 6) is 0.